The molecule has 1 rings (SSSR count). The molecule has 1 aromatic carbocycles. The molecule has 0 saturated carbocycles. The predicted octanol–water partition coefficient (Wildman–Crippen LogP) is 2.10. The van der Waals surface area contributed by atoms with Crippen LogP contribution in [-0.4, -0.2) is 18.8 Å². The molecule has 1 N–H and O–H groups in total. The van der Waals surface area contributed by atoms with E-state index in [0.29, 0.717) is 19.0 Å². The minimum atomic E-state index is 0.139. The molecule has 0 atom stereocenters. The Hall–Kier alpha value is -1.48. The standard InChI is InChI=1S/C11H14O3/c1-3-6-14-8-9-4-5-10(12)11(7-9)13-2/h3-5,7,12H,1,6,8H2,2H3. The van der Waals surface area contributed by atoms with E-state index >= 15 is 0 Å². The Bertz CT molecular complexity index is 307. The molecule has 0 heterocycles. The third-order valence-corrected chi connectivity index (χ3v) is 1.75. The van der Waals surface area contributed by atoms with Gasteiger partial charge >= 0.3 is 0 Å². The topological polar surface area (TPSA) is 38.7 Å². The van der Waals surface area contributed by atoms with Crippen molar-refractivity contribution in [1.82, 2.24) is 0 Å². The number of phenolic OH excluding ortho intramolecular Hbond substituents is 1. The van der Waals surface area contributed by atoms with Crippen molar-refractivity contribution in [3.63, 3.8) is 0 Å². The van der Waals surface area contributed by atoms with E-state index < -0.39 is 0 Å². The zero-order chi connectivity index (χ0) is 10.4. The van der Waals surface area contributed by atoms with Crippen LogP contribution in [0.2, 0.25) is 0 Å². The highest BCUT2D eigenvalue weighted by molar-refractivity contribution is 5.41. The second kappa shape index (κ2) is 5.29. The van der Waals surface area contributed by atoms with E-state index in [0.717, 1.165) is 5.56 Å². The van der Waals surface area contributed by atoms with Crippen molar-refractivity contribution in [2.45, 2.75) is 6.61 Å². The van der Waals surface area contributed by atoms with Crippen LogP contribution in [0.3, 0.4) is 0 Å². The lowest BCUT2D eigenvalue weighted by Crippen LogP contribution is -1.93. The lowest BCUT2D eigenvalue weighted by Gasteiger charge is -2.06. The van der Waals surface area contributed by atoms with Crippen molar-refractivity contribution >= 4 is 0 Å². The highest BCUT2D eigenvalue weighted by Crippen LogP contribution is 2.26. The SMILES string of the molecule is C=CCOCc1ccc(O)c(OC)c1. The van der Waals surface area contributed by atoms with Crippen LogP contribution in [0.5, 0.6) is 11.5 Å². The fraction of sp³-hybridized carbons (Fsp3) is 0.273. The van der Waals surface area contributed by atoms with Gasteiger partial charge in [0.05, 0.1) is 20.3 Å². The molecule has 0 aromatic heterocycles. The maximum Gasteiger partial charge on any atom is 0.160 e. The van der Waals surface area contributed by atoms with Crippen molar-refractivity contribution in [3.05, 3.63) is 36.4 Å². The number of hydrogen-bond acceptors (Lipinski definition) is 3. The van der Waals surface area contributed by atoms with Crippen LogP contribution in [0.15, 0.2) is 30.9 Å². The lowest BCUT2D eigenvalue weighted by atomic mass is 10.2. The molecule has 3 heteroatoms. The molecule has 3 nitrogen and oxygen atoms in total. The summed E-state index contributed by atoms with van der Waals surface area (Å²) in [5.41, 5.74) is 0.960. The van der Waals surface area contributed by atoms with Gasteiger partial charge in [0.25, 0.3) is 0 Å². The monoisotopic (exact) mass is 194 g/mol. The summed E-state index contributed by atoms with van der Waals surface area (Å²) in [6, 6.07) is 5.13. The molecule has 0 unspecified atom stereocenters. The van der Waals surface area contributed by atoms with Gasteiger partial charge in [-0.1, -0.05) is 12.1 Å². The van der Waals surface area contributed by atoms with Gasteiger partial charge in [-0.25, -0.2) is 0 Å². The molecule has 0 amide bonds. The summed E-state index contributed by atoms with van der Waals surface area (Å²) in [6.45, 7) is 4.56. The zero-order valence-electron chi connectivity index (χ0n) is 8.19. The minimum absolute atomic E-state index is 0.139. The maximum atomic E-state index is 9.32. The molecule has 0 aliphatic carbocycles. The third kappa shape index (κ3) is 2.78. The first-order chi connectivity index (χ1) is 6.77. The zero-order valence-corrected chi connectivity index (χ0v) is 8.19. The fourth-order valence-corrected chi connectivity index (χ4v) is 1.07. The molecule has 0 radical (unpaired) electrons. The number of rotatable bonds is 5. The number of hydrogen-bond donors (Lipinski definition) is 1. The summed E-state index contributed by atoms with van der Waals surface area (Å²) < 4.78 is 10.2. The third-order valence-electron chi connectivity index (χ3n) is 1.75. The first-order valence-electron chi connectivity index (χ1n) is 4.32. The molecule has 0 bridgehead atoms. The van der Waals surface area contributed by atoms with E-state index in [1.54, 1.807) is 24.3 Å². The van der Waals surface area contributed by atoms with Crippen LogP contribution in [0.1, 0.15) is 5.56 Å². The lowest BCUT2D eigenvalue weighted by molar-refractivity contribution is 0.148. The molecule has 0 fully saturated rings. The molecule has 0 aliphatic heterocycles. The van der Waals surface area contributed by atoms with Crippen LogP contribution in [-0.2, 0) is 11.3 Å². The van der Waals surface area contributed by atoms with Gasteiger partial charge in [-0.2, -0.15) is 0 Å². The molecule has 76 valence electrons. The Labute approximate surface area is 83.6 Å². The number of benzene rings is 1. The van der Waals surface area contributed by atoms with E-state index in [2.05, 4.69) is 6.58 Å². The Morgan fingerprint density at radius 2 is 2.29 bits per heavy atom. The van der Waals surface area contributed by atoms with Crippen LogP contribution >= 0.6 is 0 Å². The average Bonchev–Trinajstić information content (AvgIpc) is 2.21. The summed E-state index contributed by atoms with van der Waals surface area (Å²) in [4.78, 5) is 0. The Kier molecular flexibility index (Phi) is 4.01. The molecular formula is C11H14O3. The summed E-state index contributed by atoms with van der Waals surface area (Å²) in [5, 5.41) is 9.32. The van der Waals surface area contributed by atoms with Gasteiger partial charge in [-0.15, -0.1) is 6.58 Å². The first kappa shape index (κ1) is 10.6. The van der Waals surface area contributed by atoms with Crippen LogP contribution in [0.25, 0.3) is 0 Å². The van der Waals surface area contributed by atoms with E-state index in [1.165, 1.54) is 7.11 Å². The molecule has 1 aromatic rings. The van der Waals surface area contributed by atoms with Gasteiger partial charge < -0.3 is 14.6 Å². The van der Waals surface area contributed by atoms with Gasteiger partial charge in [0.1, 0.15) is 0 Å². The second-order valence-corrected chi connectivity index (χ2v) is 2.81. The normalized spacial score (nSPS) is 9.79. The van der Waals surface area contributed by atoms with E-state index in [9.17, 15) is 5.11 Å². The van der Waals surface area contributed by atoms with Crippen molar-refractivity contribution in [1.29, 1.82) is 0 Å². The molecule has 14 heavy (non-hydrogen) atoms. The van der Waals surface area contributed by atoms with Gasteiger partial charge in [0, 0.05) is 0 Å². The molecule has 0 aliphatic rings. The molecular weight excluding hydrogens is 180 g/mol. The van der Waals surface area contributed by atoms with Crippen LogP contribution in [0.4, 0.5) is 0 Å². The Morgan fingerprint density at radius 3 is 2.93 bits per heavy atom. The van der Waals surface area contributed by atoms with E-state index in [1.807, 2.05) is 0 Å². The first-order valence-corrected chi connectivity index (χ1v) is 4.32. The van der Waals surface area contributed by atoms with Crippen molar-refractivity contribution in [2.75, 3.05) is 13.7 Å². The highest BCUT2D eigenvalue weighted by Gasteiger charge is 2.01. The van der Waals surface area contributed by atoms with Crippen LogP contribution < -0.4 is 4.74 Å². The van der Waals surface area contributed by atoms with Crippen LogP contribution in [0, 0.1) is 0 Å². The number of aromatic hydroxyl groups is 1. The van der Waals surface area contributed by atoms with E-state index in [4.69, 9.17) is 9.47 Å². The average molecular weight is 194 g/mol. The van der Waals surface area contributed by atoms with Gasteiger partial charge in [0.15, 0.2) is 11.5 Å². The van der Waals surface area contributed by atoms with Gasteiger partial charge in [-0.3, -0.25) is 0 Å². The van der Waals surface area contributed by atoms with Crippen molar-refractivity contribution in [2.24, 2.45) is 0 Å². The maximum absolute atomic E-state index is 9.32. The van der Waals surface area contributed by atoms with Crippen molar-refractivity contribution in [3.8, 4) is 11.5 Å². The molecule has 0 spiro atoms. The summed E-state index contributed by atoms with van der Waals surface area (Å²) in [6.07, 6.45) is 1.69. The second-order valence-electron chi connectivity index (χ2n) is 2.81. The smallest absolute Gasteiger partial charge is 0.160 e. The summed E-state index contributed by atoms with van der Waals surface area (Å²) in [5.74, 6) is 0.602. The Morgan fingerprint density at radius 1 is 1.50 bits per heavy atom. The minimum Gasteiger partial charge on any atom is -0.504 e. The predicted molar refractivity (Wildman–Crippen MR) is 54.5 cm³/mol. The Balaban J connectivity index is 2.64. The fourth-order valence-electron chi connectivity index (χ4n) is 1.07. The number of ether oxygens (including phenoxy) is 2. The largest absolute Gasteiger partial charge is 0.504 e. The quantitative estimate of drug-likeness (QED) is 0.576. The van der Waals surface area contributed by atoms with E-state index in [-0.39, 0.29) is 5.75 Å². The summed E-state index contributed by atoms with van der Waals surface area (Å²) in [7, 11) is 1.52. The van der Waals surface area contributed by atoms with Gasteiger partial charge in [0.2, 0.25) is 0 Å². The number of phenols is 1. The molecule has 0 saturated heterocycles. The summed E-state index contributed by atoms with van der Waals surface area (Å²) >= 11 is 0. The van der Waals surface area contributed by atoms with Gasteiger partial charge in [-0.05, 0) is 17.7 Å². The van der Waals surface area contributed by atoms with Crippen molar-refractivity contribution < 1.29 is 14.6 Å². The highest BCUT2D eigenvalue weighted by atomic mass is 16.5. The number of methoxy groups -OCH3 is 1.